The molecule has 1 N–H and O–H groups in total. The molecule has 0 bridgehead atoms. The first-order valence-corrected chi connectivity index (χ1v) is 11.9. The molecule has 1 aromatic heterocycles. The van der Waals surface area contributed by atoms with Gasteiger partial charge in [0.1, 0.15) is 11.6 Å². The molecule has 3 rings (SSSR count). The predicted octanol–water partition coefficient (Wildman–Crippen LogP) is 1.87. The SMILES string of the molecule is CCOC(=O)c1cc(C#N)c(N2CC(C(=O)NS(=O)(=O)Cc3ccc(Cl)cc3)C2)nc1OC. The molecule has 33 heavy (non-hydrogen) atoms. The molecule has 0 atom stereocenters. The molecule has 0 unspecified atom stereocenters. The molecule has 2 aromatic rings. The highest BCUT2D eigenvalue weighted by Gasteiger charge is 2.37. The van der Waals surface area contributed by atoms with E-state index in [1.807, 2.05) is 6.07 Å². The summed E-state index contributed by atoms with van der Waals surface area (Å²) in [5.41, 5.74) is 0.613. The third kappa shape index (κ3) is 5.71. The molecule has 1 aliphatic rings. The van der Waals surface area contributed by atoms with Crippen LogP contribution >= 0.6 is 11.6 Å². The summed E-state index contributed by atoms with van der Waals surface area (Å²) in [6, 6.07) is 9.57. The quantitative estimate of drug-likeness (QED) is 0.547. The monoisotopic (exact) mass is 492 g/mol. The maximum atomic E-state index is 12.4. The summed E-state index contributed by atoms with van der Waals surface area (Å²) in [5, 5.41) is 9.97. The second kappa shape index (κ2) is 10.1. The molecule has 1 fully saturated rings. The van der Waals surface area contributed by atoms with E-state index in [-0.39, 0.29) is 48.3 Å². The van der Waals surface area contributed by atoms with E-state index >= 15 is 0 Å². The molecular weight excluding hydrogens is 472 g/mol. The van der Waals surface area contributed by atoms with Gasteiger partial charge < -0.3 is 14.4 Å². The van der Waals surface area contributed by atoms with Crippen LogP contribution in [0.25, 0.3) is 0 Å². The number of esters is 1. The standard InChI is InChI=1S/C21H21ClN4O6S/c1-3-32-21(28)17-8-14(9-23)18(24-20(17)31-2)26-10-15(11-26)19(27)25-33(29,30)12-13-4-6-16(22)7-5-13/h4-8,15H,3,10-12H2,1-2H3,(H,25,27). The van der Waals surface area contributed by atoms with E-state index in [0.29, 0.717) is 10.6 Å². The number of carbonyl (C=O) groups excluding carboxylic acids is 2. The van der Waals surface area contributed by atoms with Crippen LogP contribution < -0.4 is 14.4 Å². The maximum Gasteiger partial charge on any atom is 0.343 e. The summed E-state index contributed by atoms with van der Waals surface area (Å²) in [5.74, 6) is -2.07. The van der Waals surface area contributed by atoms with Gasteiger partial charge in [0.25, 0.3) is 0 Å². The van der Waals surface area contributed by atoms with E-state index < -0.39 is 27.8 Å². The molecule has 1 saturated heterocycles. The lowest BCUT2D eigenvalue weighted by Gasteiger charge is -2.39. The fraction of sp³-hybridized carbons (Fsp3) is 0.333. The second-order valence-corrected chi connectivity index (χ2v) is 9.36. The zero-order valence-electron chi connectivity index (χ0n) is 17.9. The summed E-state index contributed by atoms with van der Waals surface area (Å²) in [6.07, 6.45) is 0. The number of rotatable bonds is 8. The largest absolute Gasteiger partial charge is 0.480 e. The van der Waals surface area contributed by atoms with E-state index in [4.69, 9.17) is 21.1 Å². The fourth-order valence-electron chi connectivity index (χ4n) is 3.21. The summed E-state index contributed by atoms with van der Waals surface area (Å²) in [6.45, 7) is 2.09. The zero-order chi connectivity index (χ0) is 24.2. The van der Waals surface area contributed by atoms with Crippen LogP contribution in [0.5, 0.6) is 5.88 Å². The maximum absolute atomic E-state index is 12.4. The summed E-state index contributed by atoms with van der Waals surface area (Å²) < 4.78 is 36.9. The van der Waals surface area contributed by atoms with Crippen molar-refractivity contribution in [3.8, 4) is 11.9 Å². The number of anilines is 1. The number of amides is 1. The van der Waals surface area contributed by atoms with Gasteiger partial charge in [-0.3, -0.25) is 9.52 Å². The Bertz CT molecular complexity index is 1200. The highest BCUT2D eigenvalue weighted by atomic mass is 35.5. The minimum absolute atomic E-state index is 0.0131. The van der Waals surface area contributed by atoms with Gasteiger partial charge in [0.15, 0.2) is 5.82 Å². The third-order valence-electron chi connectivity index (χ3n) is 4.85. The van der Waals surface area contributed by atoms with Crippen LogP contribution in [0.15, 0.2) is 30.3 Å². The Kier molecular flexibility index (Phi) is 7.40. The summed E-state index contributed by atoms with van der Waals surface area (Å²) in [7, 11) is -2.56. The van der Waals surface area contributed by atoms with Gasteiger partial charge in [0, 0.05) is 18.1 Å². The molecule has 1 amide bonds. The first kappa shape index (κ1) is 24.3. The van der Waals surface area contributed by atoms with Gasteiger partial charge in [0.05, 0.1) is 31.0 Å². The van der Waals surface area contributed by atoms with E-state index in [1.165, 1.54) is 13.2 Å². The topological polar surface area (TPSA) is 139 Å². The normalized spacial score (nSPS) is 13.6. The Morgan fingerprint density at radius 2 is 1.97 bits per heavy atom. The first-order valence-electron chi connectivity index (χ1n) is 9.87. The van der Waals surface area contributed by atoms with Crippen LogP contribution in [-0.2, 0) is 25.3 Å². The number of methoxy groups -OCH3 is 1. The van der Waals surface area contributed by atoms with Crippen LogP contribution in [-0.4, -0.2) is 52.1 Å². The van der Waals surface area contributed by atoms with Crippen molar-refractivity contribution in [2.75, 3.05) is 31.7 Å². The van der Waals surface area contributed by atoms with Crippen LogP contribution in [0.1, 0.15) is 28.4 Å². The molecule has 1 aliphatic heterocycles. The molecule has 12 heteroatoms. The van der Waals surface area contributed by atoms with Crippen molar-refractivity contribution in [3.05, 3.63) is 52.0 Å². The van der Waals surface area contributed by atoms with Gasteiger partial charge in [-0.2, -0.15) is 10.2 Å². The number of pyridine rings is 1. The predicted molar refractivity (Wildman–Crippen MR) is 119 cm³/mol. The van der Waals surface area contributed by atoms with Crippen molar-refractivity contribution in [1.82, 2.24) is 9.71 Å². The minimum atomic E-state index is -3.89. The number of ether oxygens (including phenoxy) is 2. The number of nitrogens with zero attached hydrogens (tertiary/aromatic N) is 3. The van der Waals surface area contributed by atoms with E-state index in [0.717, 1.165) is 0 Å². The first-order chi connectivity index (χ1) is 15.7. The molecule has 1 aromatic carbocycles. The number of nitriles is 1. The van der Waals surface area contributed by atoms with E-state index in [1.54, 1.807) is 36.1 Å². The van der Waals surface area contributed by atoms with Crippen molar-refractivity contribution in [2.24, 2.45) is 5.92 Å². The van der Waals surface area contributed by atoms with E-state index in [9.17, 15) is 23.3 Å². The number of sulfonamides is 1. The van der Waals surface area contributed by atoms with Gasteiger partial charge in [-0.1, -0.05) is 23.7 Å². The molecule has 0 spiro atoms. The number of aromatic nitrogens is 1. The lowest BCUT2D eigenvalue weighted by Crippen LogP contribution is -2.55. The smallest absolute Gasteiger partial charge is 0.343 e. The third-order valence-corrected chi connectivity index (χ3v) is 6.33. The molecule has 2 heterocycles. The Morgan fingerprint density at radius 3 is 2.55 bits per heavy atom. The van der Waals surface area contributed by atoms with Crippen molar-refractivity contribution in [2.45, 2.75) is 12.7 Å². The van der Waals surface area contributed by atoms with Crippen LogP contribution in [0.4, 0.5) is 5.82 Å². The average molecular weight is 493 g/mol. The van der Waals surface area contributed by atoms with Gasteiger partial charge in [-0.25, -0.2) is 13.2 Å². The van der Waals surface area contributed by atoms with Crippen LogP contribution in [0, 0.1) is 17.2 Å². The van der Waals surface area contributed by atoms with Crippen molar-refractivity contribution in [1.29, 1.82) is 5.26 Å². The van der Waals surface area contributed by atoms with Gasteiger partial charge >= 0.3 is 5.97 Å². The van der Waals surface area contributed by atoms with Gasteiger partial charge in [-0.15, -0.1) is 0 Å². The van der Waals surface area contributed by atoms with Crippen LogP contribution in [0.3, 0.4) is 0 Å². The average Bonchev–Trinajstić information content (AvgIpc) is 2.73. The fourth-order valence-corrected chi connectivity index (χ4v) is 4.51. The minimum Gasteiger partial charge on any atom is -0.480 e. The van der Waals surface area contributed by atoms with E-state index in [2.05, 4.69) is 9.71 Å². The lowest BCUT2D eigenvalue weighted by atomic mass is 9.98. The van der Waals surface area contributed by atoms with Crippen molar-refractivity contribution >= 4 is 39.3 Å². The number of benzene rings is 1. The number of nitrogens with one attached hydrogen (secondary N) is 1. The number of carbonyl (C=O) groups is 2. The van der Waals surface area contributed by atoms with Crippen molar-refractivity contribution < 1.29 is 27.5 Å². The lowest BCUT2D eigenvalue weighted by molar-refractivity contribution is -0.123. The molecular formula is C21H21ClN4O6S. The molecule has 0 radical (unpaired) electrons. The molecule has 10 nitrogen and oxygen atoms in total. The summed E-state index contributed by atoms with van der Waals surface area (Å²) in [4.78, 5) is 30.4. The van der Waals surface area contributed by atoms with Crippen molar-refractivity contribution in [3.63, 3.8) is 0 Å². The molecule has 0 saturated carbocycles. The highest BCUT2D eigenvalue weighted by Crippen LogP contribution is 2.31. The van der Waals surface area contributed by atoms with Gasteiger partial charge in [-0.05, 0) is 30.7 Å². The number of halogens is 1. The Labute approximate surface area is 196 Å². The number of hydrogen-bond acceptors (Lipinski definition) is 9. The highest BCUT2D eigenvalue weighted by molar-refractivity contribution is 7.89. The van der Waals surface area contributed by atoms with Gasteiger partial charge in [0.2, 0.25) is 21.8 Å². The molecule has 174 valence electrons. The Balaban J connectivity index is 1.67. The Morgan fingerprint density at radius 1 is 1.30 bits per heavy atom. The van der Waals surface area contributed by atoms with Crippen LogP contribution in [0.2, 0.25) is 5.02 Å². The Hall–Kier alpha value is -3.36. The molecule has 0 aliphatic carbocycles. The zero-order valence-corrected chi connectivity index (χ0v) is 19.4. The number of hydrogen-bond donors (Lipinski definition) is 1. The summed E-state index contributed by atoms with van der Waals surface area (Å²) >= 11 is 5.80. The second-order valence-electron chi connectivity index (χ2n) is 7.20.